The van der Waals surface area contributed by atoms with E-state index in [-0.39, 0.29) is 6.03 Å². The van der Waals surface area contributed by atoms with E-state index in [1.807, 2.05) is 50.2 Å². The van der Waals surface area contributed by atoms with Gasteiger partial charge in [-0.3, -0.25) is 0 Å². The fourth-order valence-electron chi connectivity index (χ4n) is 2.12. The molecule has 0 atom stereocenters. The van der Waals surface area contributed by atoms with Crippen molar-refractivity contribution in [1.82, 2.24) is 4.90 Å². The topological polar surface area (TPSA) is 54.7 Å². The molecule has 5 nitrogen and oxygen atoms in total. The Morgan fingerprint density at radius 1 is 1.23 bits per heavy atom. The van der Waals surface area contributed by atoms with Crippen LogP contribution in [0.15, 0.2) is 40.8 Å². The van der Waals surface area contributed by atoms with Gasteiger partial charge in [0.1, 0.15) is 11.5 Å². The van der Waals surface area contributed by atoms with Crippen LogP contribution in [0.3, 0.4) is 0 Å². The number of furan rings is 1. The molecule has 0 bridgehead atoms. The summed E-state index contributed by atoms with van der Waals surface area (Å²) < 4.78 is 10.6. The van der Waals surface area contributed by atoms with Gasteiger partial charge in [0.15, 0.2) is 0 Å². The second-order valence-electron chi connectivity index (χ2n) is 5.17. The highest BCUT2D eigenvalue weighted by molar-refractivity contribution is 5.90. The Labute approximate surface area is 130 Å². The number of amides is 2. The number of ether oxygens (including phenoxy) is 1. The number of methoxy groups -OCH3 is 1. The Bertz CT molecular complexity index is 622. The summed E-state index contributed by atoms with van der Waals surface area (Å²) in [6.07, 6.45) is 0. The van der Waals surface area contributed by atoms with Crippen molar-refractivity contribution in [2.24, 2.45) is 0 Å². The summed E-state index contributed by atoms with van der Waals surface area (Å²) in [4.78, 5) is 14.2. The minimum atomic E-state index is -0.166. The Balaban J connectivity index is 2.07. The molecule has 0 aliphatic carbocycles. The van der Waals surface area contributed by atoms with Gasteiger partial charge >= 0.3 is 6.03 Å². The number of hydrogen-bond donors (Lipinski definition) is 1. The van der Waals surface area contributed by atoms with Gasteiger partial charge < -0.3 is 19.4 Å². The van der Waals surface area contributed by atoms with Crippen molar-refractivity contribution < 1.29 is 13.9 Å². The van der Waals surface area contributed by atoms with E-state index in [9.17, 15) is 4.79 Å². The molecule has 1 heterocycles. The van der Waals surface area contributed by atoms with Crippen molar-refractivity contribution in [2.75, 3.05) is 25.6 Å². The van der Waals surface area contributed by atoms with Gasteiger partial charge in [0.05, 0.1) is 13.2 Å². The minimum Gasteiger partial charge on any atom is -0.464 e. The lowest BCUT2D eigenvalue weighted by molar-refractivity contribution is 0.149. The van der Waals surface area contributed by atoms with Gasteiger partial charge in [0.25, 0.3) is 0 Å². The van der Waals surface area contributed by atoms with Crippen LogP contribution in [0.4, 0.5) is 10.5 Å². The smallest absolute Gasteiger partial charge is 0.322 e. The number of anilines is 1. The lowest BCUT2D eigenvalue weighted by Gasteiger charge is -2.22. The lowest BCUT2D eigenvalue weighted by atomic mass is 10.2. The summed E-state index contributed by atoms with van der Waals surface area (Å²) >= 11 is 0. The average molecular weight is 302 g/mol. The van der Waals surface area contributed by atoms with E-state index in [4.69, 9.17) is 9.15 Å². The molecule has 0 spiro atoms. The van der Waals surface area contributed by atoms with Crippen LogP contribution >= 0.6 is 0 Å². The van der Waals surface area contributed by atoms with Crippen molar-refractivity contribution in [1.29, 1.82) is 0 Å². The third-order valence-corrected chi connectivity index (χ3v) is 3.38. The molecule has 1 N–H and O–H groups in total. The van der Waals surface area contributed by atoms with Crippen LogP contribution in [-0.4, -0.2) is 31.2 Å². The van der Waals surface area contributed by atoms with Gasteiger partial charge in [0.2, 0.25) is 0 Å². The fourth-order valence-corrected chi connectivity index (χ4v) is 2.12. The summed E-state index contributed by atoms with van der Waals surface area (Å²) in [6.45, 7) is 5.23. The summed E-state index contributed by atoms with van der Waals surface area (Å²) in [6, 6.07) is 11.3. The van der Waals surface area contributed by atoms with Gasteiger partial charge in [-0.25, -0.2) is 4.79 Å². The number of carbonyl (C=O) groups excluding carboxylic acids is 1. The third-order valence-electron chi connectivity index (χ3n) is 3.38. The Hall–Kier alpha value is -2.27. The second kappa shape index (κ2) is 7.66. The molecular weight excluding hydrogens is 280 g/mol. The quantitative estimate of drug-likeness (QED) is 0.887. The first-order valence-electron chi connectivity index (χ1n) is 7.26. The zero-order valence-electron chi connectivity index (χ0n) is 13.3. The normalized spacial score (nSPS) is 10.5. The van der Waals surface area contributed by atoms with Crippen molar-refractivity contribution in [3.8, 4) is 0 Å². The van der Waals surface area contributed by atoms with Gasteiger partial charge in [0, 0.05) is 19.3 Å². The molecule has 5 heteroatoms. The highest BCUT2D eigenvalue weighted by Crippen LogP contribution is 2.15. The zero-order valence-corrected chi connectivity index (χ0v) is 13.3. The van der Waals surface area contributed by atoms with Crippen molar-refractivity contribution in [3.63, 3.8) is 0 Å². The van der Waals surface area contributed by atoms with E-state index in [1.54, 1.807) is 12.0 Å². The number of urea groups is 1. The van der Waals surface area contributed by atoms with Gasteiger partial charge in [-0.1, -0.05) is 18.2 Å². The van der Waals surface area contributed by atoms with E-state index in [0.29, 0.717) is 19.7 Å². The Morgan fingerprint density at radius 3 is 2.64 bits per heavy atom. The molecule has 2 amide bonds. The molecule has 0 aliphatic rings. The first-order valence-corrected chi connectivity index (χ1v) is 7.26. The van der Waals surface area contributed by atoms with Crippen LogP contribution in [0.25, 0.3) is 0 Å². The summed E-state index contributed by atoms with van der Waals surface area (Å²) in [5, 5.41) is 2.94. The number of para-hydroxylation sites is 1. The first-order chi connectivity index (χ1) is 10.6. The van der Waals surface area contributed by atoms with Crippen LogP contribution in [0, 0.1) is 13.8 Å². The third kappa shape index (κ3) is 4.36. The number of nitrogens with zero attached hydrogens (tertiary/aromatic N) is 1. The maximum atomic E-state index is 12.5. The number of carbonyl (C=O) groups is 1. The molecule has 22 heavy (non-hydrogen) atoms. The summed E-state index contributed by atoms with van der Waals surface area (Å²) in [5.41, 5.74) is 1.84. The maximum absolute atomic E-state index is 12.5. The summed E-state index contributed by atoms with van der Waals surface area (Å²) in [5.74, 6) is 1.59. The van der Waals surface area contributed by atoms with Crippen LogP contribution in [0.2, 0.25) is 0 Å². The molecule has 0 unspecified atom stereocenters. The lowest BCUT2D eigenvalue weighted by Crippen LogP contribution is -2.36. The number of aryl methyl sites for hydroxylation is 2. The number of nitrogens with one attached hydrogen (secondary N) is 1. The van der Waals surface area contributed by atoms with Crippen molar-refractivity contribution in [3.05, 3.63) is 53.5 Å². The van der Waals surface area contributed by atoms with Gasteiger partial charge in [-0.15, -0.1) is 0 Å². The average Bonchev–Trinajstić information content (AvgIpc) is 2.91. The molecule has 0 radical (unpaired) electrons. The van der Waals surface area contributed by atoms with Gasteiger partial charge in [-0.05, 0) is 37.6 Å². The molecule has 0 fully saturated rings. The molecule has 2 aromatic rings. The highest BCUT2D eigenvalue weighted by atomic mass is 16.5. The van der Waals surface area contributed by atoms with E-state index < -0.39 is 0 Å². The molecule has 1 aromatic heterocycles. The molecule has 1 aromatic carbocycles. The maximum Gasteiger partial charge on any atom is 0.322 e. The molecular formula is C17H22N2O3. The van der Waals surface area contributed by atoms with Crippen LogP contribution < -0.4 is 5.32 Å². The van der Waals surface area contributed by atoms with E-state index in [2.05, 4.69) is 5.32 Å². The van der Waals surface area contributed by atoms with Crippen LogP contribution in [-0.2, 0) is 11.3 Å². The first kappa shape index (κ1) is 16.1. The monoisotopic (exact) mass is 302 g/mol. The van der Waals surface area contributed by atoms with E-state index >= 15 is 0 Å². The largest absolute Gasteiger partial charge is 0.464 e. The SMILES string of the molecule is COCCN(Cc1ccc(C)o1)C(=O)Nc1ccccc1C. The van der Waals surface area contributed by atoms with Crippen LogP contribution in [0.1, 0.15) is 17.1 Å². The number of rotatable bonds is 6. The van der Waals surface area contributed by atoms with Gasteiger partial charge in [-0.2, -0.15) is 0 Å². The Morgan fingerprint density at radius 2 is 2.00 bits per heavy atom. The number of hydrogen-bond acceptors (Lipinski definition) is 3. The highest BCUT2D eigenvalue weighted by Gasteiger charge is 2.16. The fraction of sp³-hybridized carbons (Fsp3) is 0.353. The Kier molecular flexibility index (Phi) is 5.61. The van der Waals surface area contributed by atoms with Crippen molar-refractivity contribution in [2.45, 2.75) is 20.4 Å². The molecule has 0 aliphatic heterocycles. The molecule has 0 saturated carbocycles. The second-order valence-corrected chi connectivity index (χ2v) is 5.17. The predicted molar refractivity (Wildman–Crippen MR) is 85.9 cm³/mol. The van der Waals surface area contributed by atoms with Crippen LogP contribution in [0.5, 0.6) is 0 Å². The zero-order chi connectivity index (χ0) is 15.9. The molecule has 2 rings (SSSR count). The van der Waals surface area contributed by atoms with E-state index in [1.165, 1.54) is 0 Å². The minimum absolute atomic E-state index is 0.166. The standard InChI is InChI=1S/C17H22N2O3/c1-13-6-4-5-7-16(13)18-17(20)19(10-11-21-3)12-15-9-8-14(2)22-15/h4-9H,10-12H2,1-3H3,(H,18,20). The summed E-state index contributed by atoms with van der Waals surface area (Å²) in [7, 11) is 1.62. The molecule has 118 valence electrons. The number of benzene rings is 1. The van der Waals surface area contributed by atoms with Crippen molar-refractivity contribution >= 4 is 11.7 Å². The van der Waals surface area contributed by atoms with E-state index in [0.717, 1.165) is 22.8 Å². The molecule has 0 saturated heterocycles. The predicted octanol–water partition coefficient (Wildman–Crippen LogP) is 3.58.